The molecule has 3 rings (SSSR count). The number of hydrogen-bond acceptors (Lipinski definition) is 2. The number of rotatable bonds is 4. The molecule has 2 fully saturated rings. The highest BCUT2D eigenvalue weighted by Crippen LogP contribution is 2.38. The van der Waals surface area contributed by atoms with Crippen LogP contribution in [0.15, 0.2) is 24.3 Å². The van der Waals surface area contributed by atoms with Gasteiger partial charge >= 0.3 is 0 Å². The molecule has 1 aromatic rings. The predicted molar refractivity (Wildman–Crippen MR) is 74.1 cm³/mol. The Labute approximate surface area is 110 Å². The van der Waals surface area contributed by atoms with Crippen molar-refractivity contribution in [2.75, 3.05) is 19.7 Å². The lowest BCUT2D eigenvalue weighted by Crippen LogP contribution is -2.16. The maximum atomic E-state index is 6.09. The Morgan fingerprint density at radius 1 is 1.11 bits per heavy atom. The minimum Gasteiger partial charge on any atom is -0.493 e. The maximum Gasteiger partial charge on any atom is 0.122 e. The van der Waals surface area contributed by atoms with Crippen molar-refractivity contribution in [3.05, 3.63) is 29.8 Å². The number of hydrogen-bond donors (Lipinski definition) is 1. The van der Waals surface area contributed by atoms with Crippen LogP contribution in [0.25, 0.3) is 0 Å². The summed E-state index contributed by atoms with van der Waals surface area (Å²) in [6.07, 6.45) is 6.69. The topological polar surface area (TPSA) is 21.3 Å². The molecule has 2 aliphatic rings. The first kappa shape index (κ1) is 12.0. The molecule has 1 saturated carbocycles. The van der Waals surface area contributed by atoms with Crippen LogP contribution in [0.1, 0.15) is 43.6 Å². The first-order valence-electron chi connectivity index (χ1n) is 7.36. The number of nitrogens with one attached hydrogen (secondary N) is 1. The largest absolute Gasteiger partial charge is 0.493 e. The molecule has 1 atom stereocenters. The van der Waals surface area contributed by atoms with E-state index in [0.29, 0.717) is 5.92 Å². The summed E-state index contributed by atoms with van der Waals surface area (Å²) in [7, 11) is 0. The third-order valence-electron chi connectivity index (χ3n) is 4.35. The molecule has 18 heavy (non-hydrogen) atoms. The van der Waals surface area contributed by atoms with Gasteiger partial charge < -0.3 is 10.1 Å². The van der Waals surface area contributed by atoms with Crippen molar-refractivity contribution < 1.29 is 4.74 Å². The van der Waals surface area contributed by atoms with Gasteiger partial charge in [-0.1, -0.05) is 31.0 Å². The summed E-state index contributed by atoms with van der Waals surface area (Å²) in [5.74, 6) is 2.57. The molecule has 98 valence electrons. The lowest BCUT2D eigenvalue weighted by Gasteiger charge is -2.17. The Morgan fingerprint density at radius 2 is 1.94 bits per heavy atom. The summed E-state index contributed by atoms with van der Waals surface area (Å²) < 4.78 is 6.09. The minimum absolute atomic E-state index is 0.696. The highest BCUT2D eigenvalue weighted by Gasteiger charge is 2.21. The first-order chi connectivity index (χ1) is 8.93. The zero-order valence-electron chi connectivity index (χ0n) is 11.0. The Bertz CT molecular complexity index is 378. The van der Waals surface area contributed by atoms with Gasteiger partial charge in [0.1, 0.15) is 5.75 Å². The molecule has 1 aliphatic carbocycles. The fourth-order valence-electron chi connectivity index (χ4n) is 3.25. The van der Waals surface area contributed by atoms with Gasteiger partial charge in [0.2, 0.25) is 0 Å². The van der Waals surface area contributed by atoms with Gasteiger partial charge in [0, 0.05) is 12.5 Å². The monoisotopic (exact) mass is 245 g/mol. The summed E-state index contributed by atoms with van der Waals surface area (Å²) in [5, 5.41) is 3.40. The van der Waals surface area contributed by atoms with E-state index >= 15 is 0 Å². The van der Waals surface area contributed by atoms with Gasteiger partial charge in [-0.2, -0.15) is 0 Å². The van der Waals surface area contributed by atoms with E-state index in [1.807, 2.05) is 0 Å². The van der Waals surface area contributed by atoms with Gasteiger partial charge in [-0.3, -0.25) is 0 Å². The summed E-state index contributed by atoms with van der Waals surface area (Å²) in [4.78, 5) is 0. The van der Waals surface area contributed by atoms with Crippen LogP contribution in [0.3, 0.4) is 0 Å². The molecule has 0 radical (unpaired) electrons. The van der Waals surface area contributed by atoms with Crippen LogP contribution in [0.4, 0.5) is 0 Å². The molecule has 0 unspecified atom stereocenters. The van der Waals surface area contributed by atoms with E-state index in [4.69, 9.17) is 4.74 Å². The van der Waals surface area contributed by atoms with Gasteiger partial charge in [0.25, 0.3) is 0 Å². The van der Waals surface area contributed by atoms with Crippen molar-refractivity contribution in [3.63, 3.8) is 0 Å². The fraction of sp³-hybridized carbons (Fsp3) is 0.625. The smallest absolute Gasteiger partial charge is 0.122 e. The van der Waals surface area contributed by atoms with Crippen LogP contribution in [0, 0.1) is 5.92 Å². The Morgan fingerprint density at radius 3 is 2.72 bits per heavy atom. The zero-order chi connectivity index (χ0) is 12.2. The molecule has 0 spiro atoms. The van der Waals surface area contributed by atoms with Crippen LogP contribution in [0.5, 0.6) is 5.75 Å². The second kappa shape index (κ2) is 5.75. The van der Waals surface area contributed by atoms with Crippen molar-refractivity contribution in [1.82, 2.24) is 5.32 Å². The normalized spacial score (nSPS) is 24.6. The van der Waals surface area contributed by atoms with Crippen molar-refractivity contribution in [2.24, 2.45) is 5.92 Å². The van der Waals surface area contributed by atoms with E-state index in [1.54, 1.807) is 0 Å². The molecule has 2 heteroatoms. The average molecular weight is 245 g/mol. The van der Waals surface area contributed by atoms with E-state index in [1.165, 1.54) is 37.7 Å². The van der Waals surface area contributed by atoms with E-state index in [-0.39, 0.29) is 0 Å². The Balaban J connectivity index is 1.66. The first-order valence-corrected chi connectivity index (χ1v) is 7.36. The summed E-state index contributed by atoms with van der Waals surface area (Å²) in [6.45, 7) is 3.14. The second-order valence-corrected chi connectivity index (χ2v) is 5.69. The number of para-hydroxylation sites is 1. The number of benzene rings is 1. The standard InChI is InChI=1S/C16H23NO/c1-2-6-14(5-1)15-7-3-4-8-16(15)18-12-13-9-10-17-11-13/h3-4,7-8,13-14,17H,1-2,5-6,9-12H2/t13-/m1/s1. The molecule has 1 saturated heterocycles. The molecule has 0 bridgehead atoms. The van der Waals surface area contributed by atoms with Gasteiger partial charge in [-0.15, -0.1) is 0 Å². The molecular formula is C16H23NO. The molecule has 2 nitrogen and oxygen atoms in total. The van der Waals surface area contributed by atoms with Gasteiger partial charge in [0.05, 0.1) is 6.61 Å². The summed E-state index contributed by atoms with van der Waals surface area (Å²) in [6, 6.07) is 8.66. The Kier molecular flexibility index (Phi) is 3.84. The molecule has 0 amide bonds. The number of ether oxygens (including phenoxy) is 1. The highest BCUT2D eigenvalue weighted by atomic mass is 16.5. The SMILES string of the molecule is c1ccc(C2CCCC2)c(OC[C@@H]2CCNC2)c1. The van der Waals surface area contributed by atoms with Crippen molar-refractivity contribution in [2.45, 2.75) is 38.0 Å². The van der Waals surface area contributed by atoms with Crippen LogP contribution < -0.4 is 10.1 Å². The molecular weight excluding hydrogens is 222 g/mol. The maximum absolute atomic E-state index is 6.09. The molecule has 1 aliphatic heterocycles. The molecule has 0 aromatic heterocycles. The van der Waals surface area contributed by atoms with Crippen LogP contribution in [-0.4, -0.2) is 19.7 Å². The highest BCUT2D eigenvalue weighted by molar-refractivity contribution is 5.36. The summed E-state index contributed by atoms with van der Waals surface area (Å²) in [5.41, 5.74) is 1.45. The lowest BCUT2D eigenvalue weighted by atomic mass is 9.97. The van der Waals surface area contributed by atoms with Gasteiger partial charge in [0.15, 0.2) is 0 Å². The van der Waals surface area contributed by atoms with Gasteiger partial charge in [-0.25, -0.2) is 0 Å². The second-order valence-electron chi connectivity index (χ2n) is 5.69. The molecule has 1 heterocycles. The van der Waals surface area contributed by atoms with E-state index < -0.39 is 0 Å². The summed E-state index contributed by atoms with van der Waals surface area (Å²) >= 11 is 0. The Hall–Kier alpha value is -1.02. The van der Waals surface area contributed by atoms with Crippen molar-refractivity contribution >= 4 is 0 Å². The average Bonchev–Trinajstić information content (AvgIpc) is 3.10. The third-order valence-corrected chi connectivity index (χ3v) is 4.35. The van der Waals surface area contributed by atoms with E-state index in [0.717, 1.165) is 31.4 Å². The van der Waals surface area contributed by atoms with Crippen LogP contribution in [-0.2, 0) is 0 Å². The van der Waals surface area contributed by atoms with Gasteiger partial charge in [-0.05, 0) is 43.4 Å². The zero-order valence-corrected chi connectivity index (χ0v) is 11.0. The minimum atomic E-state index is 0.696. The van der Waals surface area contributed by atoms with E-state index in [9.17, 15) is 0 Å². The quantitative estimate of drug-likeness (QED) is 0.878. The van der Waals surface area contributed by atoms with Crippen LogP contribution >= 0.6 is 0 Å². The predicted octanol–water partition coefficient (Wildman–Crippen LogP) is 3.33. The van der Waals surface area contributed by atoms with Crippen molar-refractivity contribution in [3.8, 4) is 5.75 Å². The lowest BCUT2D eigenvalue weighted by molar-refractivity contribution is 0.256. The molecule has 1 aromatic carbocycles. The van der Waals surface area contributed by atoms with E-state index in [2.05, 4.69) is 29.6 Å². The van der Waals surface area contributed by atoms with Crippen molar-refractivity contribution in [1.29, 1.82) is 0 Å². The third kappa shape index (κ3) is 2.69. The fourth-order valence-corrected chi connectivity index (χ4v) is 3.25. The molecule has 1 N–H and O–H groups in total. The van der Waals surface area contributed by atoms with Crippen LogP contribution in [0.2, 0.25) is 0 Å².